The fraction of sp³-hybridized carbons (Fsp3) is 0.0526. The number of halogens is 4. The molecule has 0 radical (unpaired) electrons. The zero-order valence-electron chi connectivity index (χ0n) is 12.7. The molecule has 2 nitrogen and oxygen atoms in total. The molecule has 0 amide bonds. The van der Waals surface area contributed by atoms with Crippen LogP contribution in [-0.2, 0) is 6.54 Å². The standard InChI is InChI=1S/C19H10Cl2F2N2/c20-11-4-5-12-13-7-17(21)24-8-10(13)9-25-19(14(12)6-11)18-15(22)2-1-3-16(18)23/h1-8H,9H2. The molecule has 0 saturated heterocycles. The summed E-state index contributed by atoms with van der Waals surface area (Å²) in [4.78, 5) is 8.54. The van der Waals surface area contributed by atoms with Crippen molar-refractivity contribution in [2.75, 3.05) is 0 Å². The lowest BCUT2D eigenvalue weighted by molar-refractivity contribution is 0.579. The molecule has 124 valence electrons. The van der Waals surface area contributed by atoms with Crippen molar-refractivity contribution >= 4 is 28.9 Å². The van der Waals surface area contributed by atoms with E-state index in [9.17, 15) is 8.78 Å². The van der Waals surface area contributed by atoms with E-state index >= 15 is 0 Å². The van der Waals surface area contributed by atoms with Crippen LogP contribution in [0.15, 0.2) is 53.7 Å². The highest BCUT2D eigenvalue weighted by molar-refractivity contribution is 6.32. The van der Waals surface area contributed by atoms with Crippen LogP contribution in [0.25, 0.3) is 11.1 Å². The lowest BCUT2D eigenvalue weighted by atomic mass is 9.92. The Morgan fingerprint density at radius 2 is 1.64 bits per heavy atom. The molecule has 3 aromatic rings. The summed E-state index contributed by atoms with van der Waals surface area (Å²) in [5, 5.41) is 0.784. The summed E-state index contributed by atoms with van der Waals surface area (Å²) in [7, 11) is 0. The van der Waals surface area contributed by atoms with E-state index in [2.05, 4.69) is 9.98 Å². The van der Waals surface area contributed by atoms with E-state index in [1.807, 2.05) is 0 Å². The van der Waals surface area contributed by atoms with Crippen LogP contribution < -0.4 is 0 Å². The Morgan fingerprint density at radius 1 is 0.880 bits per heavy atom. The highest BCUT2D eigenvalue weighted by Crippen LogP contribution is 2.35. The second-order valence-electron chi connectivity index (χ2n) is 5.62. The minimum absolute atomic E-state index is 0.169. The molecule has 0 fully saturated rings. The van der Waals surface area contributed by atoms with Gasteiger partial charge in [-0.05, 0) is 47.0 Å². The Labute approximate surface area is 152 Å². The van der Waals surface area contributed by atoms with E-state index in [4.69, 9.17) is 23.2 Å². The number of hydrogen-bond acceptors (Lipinski definition) is 2. The van der Waals surface area contributed by atoms with E-state index in [1.165, 1.54) is 18.2 Å². The smallest absolute Gasteiger partial charge is 0.135 e. The SMILES string of the molecule is Fc1cccc(F)c1C1=NCc2cnc(Cl)cc2-c2ccc(Cl)cc21. The van der Waals surface area contributed by atoms with Crippen LogP contribution in [0.4, 0.5) is 8.78 Å². The summed E-state index contributed by atoms with van der Waals surface area (Å²) in [6.07, 6.45) is 1.63. The number of pyridine rings is 1. The van der Waals surface area contributed by atoms with Crippen molar-refractivity contribution in [1.29, 1.82) is 0 Å². The number of aliphatic imine (C=N–C) groups is 1. The summed E-state index contributed by atoms with van der Waals surface area (Å²) in [6, 6.07) is 10.6. The quantitative estimate of drug-likeness (QED) is 0.502. The van der Waals surface area contributed by atoms with Gasteiger partial charge in [0.05, 0.1) is 17.8 Å². The van der Waals surface area contributed by atoms with E-state index in [-0.39, 0.29) is 17.8 Å². The average molecular weight is 375 g/mol. The number of hydrogen-bond donors (Lipinski definition) is 0. The van der Waals surface area contributed by atoms with Crippen LogP contribution in [0, 0.1) is 11.6 Å². The van der Waals surface area contributed by atoms with Gasteiger partial charge in [0, 0.05) is 16.8 Å². The largest absolute Gasteiger partial charge is 0.279 e. The van der Waals surface area contributed by atoms with Gasteiger partial charge in [0.1, 0.15) is 16.8 Å². The van der Waals surface area contributed by atoms with Crippen LogP contribution in [0.1, 0.15) is 16.7 Å². The van der Waals surface area contributed by atoms with Gasteiger partial charge in [0.2, 0.25) is 0 Å². The fourth-order valence-corrected chi connectivity index (χ4v) is 3.30. The molecule has 0 spiro atoms. The molecule has 0 N–H and O–H groups in total. The summed E-state index contributed by atoms with van der Waals surface area (Å²) < 4.78 is 28.7. The van der Waals surface area contributed by atoms with Crippen LogP contribution in [0.3, 0.4) is 0 Å². The summed E-state index contributed by atoms with van der Waals surface area (Å²) in [6.45, 7) is 0.231. The minimum atomic E-state index is -0.674. The first-order valence-electron chi connectivity index (χ1n) is 7.48. The van der Waals surface area contributed by atoms with Crippen molar-refractivity contribution < 1.29 is 8.78 Å². The molecule has 0 aliphatic carbocycles. The number of benzene rings is 2. The van der Waals surface area contributed by atoms with Crippen molar-refractivity contribution in [1.82, 2.24) is 4.98 Å². The third-order valence-electron chi connectivity index (χ3n) is 4.09. The first kappa shape index (κ1) is 16.2. The van der Waals surface area contributed by atoms with Crippen molar-refractivity contribution in [2.24, 2.45) is 4.99 Å². The third-order valence-corrected chi connectivity index (χ3v) is 4.53. The van der Waals surface area contributed by atoms with Gasteiger partial charge in [0.25, 0.3) is 0 Å². The summed E-state index contributed by atoms with van der Waals surface area (Å²) >= 11 is 12.2. The van der Waals surface area contributed by atoms with Gasteiger partial charge in [-0.2, -0.15) is 0 Å². The summed E-state index contributed by atoms with van der Waals surface area (Å²) in [5.41, 5.74) is 3.00. The normalized spacial score (nSPS) is 12.9. The Balaban J connectivity index is 2.04. The van der Waals surface area contributed by atoms with Crippen LogP contribution in [0.2, 0.25) is 10.2 Å². The zero-order valence-corrected chi connectivity index (χ0v) is 14.2. The molecule has 0 atom stereocenters. The van der Waals surface area contributed by atoms with Gasteiger partial charge in [-0.3, -0.25) is 4.99 Å². The van der Waals surface area contributed by atoms with Gasteiger partial charge < -0.3 is 0 Å². The number of fused-ring (bicyclic) bond motifs is 3. The predicted octanol–water partition coefficient (Wildman–Crippen LogP) is 5.68. The molecule has 1 aliphatic heterocycles. The van der Waals surface area contributed by atoms with Gasteiger partial charge in [-0.1, -0.05) is 35.3 Å². The zero-order chi connectivity index (χ0) is 17.6. The lowest BCUT2D eigenvalue weighted by Crippen LogP contribution is -2.10. The van der Waals surface area contributed by atoms with Gasteiger partial charge >= 0.3 is 0 Å². The minimum Gasteiger partial charge on any atom is -0.279 e. The number of rotatable bonds is 1. The van der Waals surface area contributed by atoms with E-state index < -0.39 is 11.6 Å². The maximum atomic E-state index is 14.4. The van der Waals surface area contributed by atoms with Crippen LogP contribution in [-0.4, -0.2) is 10.7 Å². The molecular formula is C19H10Cl2F2N2. The molecule has 2 heterocycles. The molecule has 2 aromatic carbocycles. The van der Waals surface area contributed by atoms with Crippen molar-refractivity contribution in [3.63, 3.8) is 0 Å². The van der Waals surface area contributed by atoms with Crippen molar-refractivity contribution in [2.45, 2.75) is 6.54 Å². The predicted molar refractivity (Wildman–Crippen MR) is 95.4 cm³/mol. The highest BCUT2D eigenvalue weighted by atomic mass is 35.5. The van der Waals surface area contributed by atoms with Gasteiger partial charge in [0.15, 0.2) is 0 Å². The van der Waals surface area contributed by atoms with Gasteiger partial charge in [-0.25, -0.2) is 13.8 Å². The lowest BCUT2D eigenvalue weighted by Gasteiger charge is -2.13. The Bertz CT molecular complexity index is 1010. The molecule has 0 bridgehead atoms. The molecule has 0 saturated carbocycles. The maximum absolute atomic E-state index is 14.4. The van der Waals surface area contributed by atoms with Crippen molar-refractivity contribution in [3.05, 3.63) is 87.2 Å². The molecule has 1 aliphatic rings. The first-order valence-corrected chi connectivity index (χ1v) is 8.24. The molecule has 25 heavy (non-hydrogen) atoms. The van der Waals surface area contributed by atoms with E-state index in [0.717, 1.165) is 16.7 Å². The molecule has 1 aromatic heterocycles. The maximum Gasteiger partial charge on any atom is 0.135 e. The third kappa shape index (κ3) is 2.81. The van der Waals surface area contributed by atoms with Gasteiger partial charge in [-0.15, -0.1) is 0 Å². The van der Waals surface area contributed by atoms with E-state index in [1.54, 1.807) is 30.5 Å². The molecular weight excluding hydrogens is 365 g/mol. The Kier molecular flexibility index (Phi) is 4.02. The molecule has 0 unspecified atom stereocenters. The Hall–Kier alpha value is -2.30. The van der Waals surface area contributed by atoms with Crippen molar-refractivity contribution in [3.8, 4) is 11.1 Å². The monoisotopic (exact) mass is 374 g/mol. The second-order valence-corrected chi connectivity index (χ2v) is 6.44. The first-order chi connectivity index (χ1) is 12.0. The summed E-state index contributed by atoms with van der Waals surface area (Å²) in [5.74, 6) is -1.35. The Morgan fingerprint density at radius 3 is 2.40 bits per heavy atom. The average Bonchev–Trinajstić information content (AvgIpc) is 2.72. The highest BCUT2D eigenvalue weighted by Gasteiger charge is 2.24. The number of nitrogens with zero attached hydrogens (tertiary/aromatic N) is 2. The number of aromatic nitrogens is 1. The topological polar surface area (TPSA) is 25.2 Å². The second kappa shape index (κ2) is 6.21. The van der Waals surface area contributed by atoms with Crippen LogP contribution in [0.5, 0.6) is 0 Å². The molecule has 6 heteroatoms. The van der Waals surface area contributed by atoms with E-state index in [0.29, 0.717) is 15.7 Å². The fourth-order valence-electron chi connectivity index (χ4n) is 2.97. The molecule has 4 rings (SSSR count). The van der Waals surface area contributed by atoms with Crippen LogP contribution >= 0.6 is 23.2 Å².